The molecular weight excluding hydrogens is 218 g/mol. The molecule has 0 aromatic heterocycles. The summed E-state index contributed by atoms with van der Waals surface area (Å²) in [7, 11) is 0.0939. The Labute approximate surface area is 102 Å². The molecule has 0 unspecified atom stereocenters. The number of unbranched alkanes of at least 4 members (excludes halogenated alkanes) is 1. The van der Waals surface area contributed by atoms with E-state index in [2.05, 4.69) is 20.0 Å². The monoisotopic (exact) mass is 247 g/mol. The summed E-state index contributed by atoms with van der Waals surface area (Å²) in [4.78, 5) is 0. The molecule has 0 aliphatic carbocycles. The molecule has 3 nitrogen and oxygen atoms in total. The van der Waals surface area contributed by atoms with Crippen LogP contribution < -0.4 is 5.73 Å². The van der Waals surface area contributed by atoms with E-state index in [4.69, 9.17) is 10.2 Å². The van der Waals surface area contributed by atoms with Crippen LogP contribution >= 0.6 is 0 Å². The van der Waals surface area contributed by atoms with E-state index >= 15 is 0 Å². The average molecular weight is 247 g/mol. The normalized spacial score (nSPS) is 16.1. The summed E-state index contributed by atoms with van der Waals surface area (Å²) in [5.74, 6) is 0.366. The van der Waals surface area contributed by atoms with Gasteiger partial charge in [-0.1, -0.05) is 19.8 Å². The Kier molecular flexibility index (Phi) is 8.28. The summed E-state index contributed by atoms with van der Waals surface area (Å²) < 4.78 is 5.69. The molecule has 0 bridgehead atoms. The van der Waals surface area contributed by atoms with Crippen molar-refractivity contribution >= 4 is 8.32 Å². The quantitative estimate of drug-likeness (QED) is 0.615. The second-order valence-corrected chi connectivity index (χ2v) is 9.43. The van der Waals surface area contributed by atoms with Crippen LogP contribution in [0.15, 0.2) is 0 Å². The molecule has 0 radical (unpaired) electrons. The lowest BCUT2D eigenvalue weighted by Gasteiger charge is -2.36. The molecule has 0 aliphatic heterocycles. The molecule has 3 N–H and O–H groups in total. The highest BCUT2D eigenvalue weighted by atomic mass is 28.4. The molecule has 2 atom stereocenters. The Hall–Kier alpha value is 0.0969. The number of rotatable bonds is 9. The minimum absolute atomic E-state index is 0.268. The van der Waals surface area contributed by atoms with Crippen LogP contribution in [0.5, 0.6) is 0 Å². The zero-order chi connectivity index (χ0) is 12.6. The number of aliphatic hydroxyl groups excluding tert-OH is 1. The summed E-state index contributed by atoms with van der Waals surface area (Å²) in [6, 6.07) is 0. The Bertz CT molecular complexity index is 176. The first-order chi connectivity index (χ1) is 7.53. The molecule has 16 heavy (non-hydrogen) atoms. The summed E-state index contributed by atoms with van der Waals surface area (Å²) in [6.45, 7) is 7.59. The van der Waals surface area contributed by atoms with Crippen molar-refractivity contribution in [1.82, 2.24) is 0 Å². The molecule has 0 saturated carbocycles. The fourth-order valence-corrected chi connectivity index (χ4v) is 4.94. The van der Waals surface area contributed by atoms with Crippen LogP contribution in [0, 0.1) is 5.92 Å². The topological polar surface area (TPSA) is 55.5 Å². The highest BCUT2D eigenvalue weighted by molar-refractivity contribution is 6.72. The molecule has 0 amide bonds. The van der Waals surface area contributed by atoms with Crippen LogP contribution in [0.2, 0.25) is 18.6 Å². The van der Waals surface area contributed by atoms with Crippen molar-refractivity contribution in [2.24, 2.45) is 11.7 Å². The lowest BCUT2D eigenvalue weighted by Crippen LogP contribution is -2.41. The van der Waals surface area contributed by atoms with Gasteiger partial charge in [0.2, 0.25) is 0 Å². The van der Waals surface area contributed by atoms with Crippen molar-refractivity contribution in [3.05, 3.63) is 0 Å². The van der Waals surface area contributed by atoms with E-state index in [1.54, 1.807) is 7.11 Å². The summed E-state index contributed by atoms with van der Waals surface area (Å²) in [5.41, 5.74) is 6.16. The first kappa shape index (κ1) is 16.1. The SMILES string of the molecule is CCCC[C@H](CO)[C@H](CCN)[Si](C)(C)OC. The zero-order valence-electron chi connectivity index (χ0n) is 11.3. The van der Waals surface area contributed by atoms with Crippen LogP contribution in [0.3, 0.4) is 0 Å². The van der Waals surface area contributed by atoms with Gasteiger partial charge in [-0.25, -0.2) is 0 Å². The van der Waals surface area contributed by atoms with Gasteiger partial charge >= 0.3 is 0 Å². The summed E-state index contributed by atoms with van der Waals surface area (Å²) >= 11 is 0. The number of hydrogen-bond acceptors (Lipinski definition) is 3. The largest absolute Gasteiger partial charge is 0.420 e. The van der Waals surface area contributed by atoms with Crippen molar-refractivity contribution in [2.45, 2.75) is 51.2 Å². The van der Waals surface area contributed by atoms with Crippen molar-refractivity contribution in [1.29, 1.82) is 0 Å². The van der Waals surface area contributed by atoms with Crippen LogP contribution in [0.1, 0.15) is 32.6 Å². The molecule has 4 heteroatoms. The third kappa shape index (κ3) is 4.95. The standard InChI is InChI=1S/C12H29NO2Si/c1-5-6-7-11(10-14)12(8-9-13)16(3,4)15-2/h11-12,14H,5-10,13H2,1-4H3/t11-,12+/m1/s1. The molecule has 0 saturated heterocycles. The minimum atomic E-state index is -1.70. The van der Waals surface area contributed by atoms with E-state index in [9.17, 15) is 5.11 Å². The molecule has 0 aromatic carbocycles. The second-order valence-electron chi connectivity index (χ2n) is 5.08. The molecule has 98 valence electrons. The number of hydrogen-bond donors (Lipinski definition) is 2. The molecule has 0 aromatic rings. The minimum Gasteiger partial charge on any atom is -0.420 e. The van der Waals surface area contributed by atoms with Crippen molar-refractivity contribution in [2.75, 3.05) is 20.3 Å². The van der Waals surface area contributed by atoms with Gasteiger partial charge in [-0.2, -0.15) is 0 Å². The zero-order valence-corrected chi connectivity index (χ0v) is 12.3. The molecule has 0 heterocycles. The third-order valence-electron chi connectivity index (χ3n) is 3.63. The molecule has 0 spiro atoms. The average Bonchev–Trinajstić information content (AvgIpc) is 2.28. The van der Waals surface area contributed by atoms with E-state index in [1.165, 1.54) is 12.8 Å². The van der Waals surface area contributed by atoms with Gasteiger partial charge in [0, 0.05) is 13.7 Å². The molecule has 0 aliphatic rings. The van der Waals surface area contributed by atoms with Crippen LogP contribution in [0.4, 0.5) is 0 Å². The van der Waals surface area contributed by atoms with E-state index in [0.717, 1.165) is 12.8 Å². The van der Waals surface area contributed by atoms with Crippen LogP contribution in [-0.2, 0) is 4.43 Å². The predicted molar refractivity (Wildman–Crippen MR) is 72.0 cm³/mol. The number of aliphatic hydroxyl groups is 1. The molecule has 0 rings (SSSR count). The smallest absolute Gasteiger partial charge is 0.189 e. The fourth-order valence-electron chi connectivity index (χ4n) is 2.37. The van der Waals surface area contributed by atoms with E-state index in [0.29, 0.717) is 18.0 Å². The first-order valence-corrected chi connectivity index (χ1v) is 9.38. The van der Waals surface area contributed by atoms with Crippen molar-refractivity contribution < 1.29 is 9.53 Å². The van der Waals surface area contributed by atoms with E-state index in [-0.39, 0.29) is 6.61 Å². The lowest BCUT2D eigenvalue weighted by atomic mass is 9.97. The fraction of sp³-hybridized carbons (Fsp3) is 1.00. The Morgan fingerprint density at radius 3 is 2.31 bits per heavy atom. The lowest BCUT2D eigenvalue weighted by molar-refractivity contribution is 0.196. The number of nitrogens with two attached hydrogens (primary N) is 1. The maximum atomic E-state index is 9.53. The van der Waals surface area contributed by atoms with Crippen molar-refractivity contribution in [3.8, 4) is 0 Å². The van der Waals surface area contributed by atoms with Gasteiger partial charge in [0.1, 0.15) is 0 Å². The maximum Gasteiger partial charge on any atom is 0.189 e. The Morgan fingerprint density at radius 1 is 1.31 bits per heavy atom. The van der Waals surface area contributed by atoms with Gasteiger partial charge in [-0.05, 0) is 43.9 Å². The Balaban J connectivity index is 4.57. The highest BCUT2D eigenvalue weighted by Gasteiger charge is 2.37. The van der Waals surface area contributed by atoms with Gasteiger partial charge in [0.05, 0.1) is 0 Å². The summed E-state index contributed by atoms with van der Waals surface area (Å²) in [5, 5.41) is 9.53. The predicted octanol–water partition coefficient (Wildman–Crippen LogP) is 2.36. The first-order valence-electron chi connectivity index (χ1n) is 6.39. The molecular formula is C12H29NO2Si. The van der Waals surface area contributed by atoms with Gasteiger partial charge in [0.15, 0.2) is 8.32 Å². The van der Waals surface area contributed by atoms with Crippen LogP contribution in [-0.4, -0.2) is 33.7 Å². The van der Waals surface area contributed by atoms with Gasteiger partial charge in [-0.15, -0.1) is 0 Å². The molecule has 0 fully saturated rings. The van der Waals surface area contributed by atoms with E-state index in [1.807, 2.05) is 0 Å². The maximum absolute atomic E-state index is 9.53. The Morgan fingerprint density at radius 2 is 1.94 bits per heavy atom. The van der Waals surface area contributed by atoms with Crippen LogP contribution in [0.25, 0.3) is 0 Å². The van der Waals surface area contributed by atoms with Crippen molar-refractivity contribution in [3.63, 3.8) is 0 Å². The van der Waals surface area contributed by atoms with E-state index < -0.39 is 8.32 Å². The third-order valence-corrected chi connectivity index (χ3v) is 7.23. The summed E-state index contributed by atoms with van der Waals surface area (Å²) in [6.07, 6.45) is 4.43. The highest BCUT2D eigenvalue weighted by Crippen LogP contribution is 2.36. The van der Waals surface area contributed by atoms with Gasteiger partial charge in [-0.3, -0.25) is 0 Å². The second kappa shape index (κ2) is 8.23. The van der Waals surface area contributed by atoms with Gasteiger partial charge < -0.3 is 15.3 Å². The van der Waals surface area contributed by atoms with Gasteiger partial charge in [0.25, 0.3) is 0 Å².